The number of aliphatic imine (C=N–C) groups is 1. The van der Waals surface area contributed by atoms with Gasteiger partial charge in [0, 0.05) is 29.1 Å². The van der Waals surface area contributed by atoms with Gasteiger partial charge in [-0.25, -0.2) is 9.38 Å². The van der Waals surface area contributed by atoms with E-state index >= 15 is 0 Å². The predicted molar refractivity (Wildman–Crippen MR) is 83.8 cm³/mol. The molecule has 5 nitrogen and oxygen atoms in total. The number of hydrogen-bond donors (Lipinski definition) is 1. The van der Waals surface area contributed by atoms with Gasteiger partial charge in [-0.3, -0.25) is 14.7 Å². The van der Waals surface area contributed by atoms with Crippen molar-refractivity contribution in [1.29, 1.82) is 0 Å². The number of amides is 1. The van der Waals surface area contributed by atoms with E-state index in [0.717, 1.165) is 4.88 Å². The maximum absolute atomic E-state index is 13.8. The summed E-state index contributed by atoms with van der Waals surface area (Å²) in [6.07, 6.45) is 1.55. The minimum absolute atomic E-state index is 0.0727. The van der Waals surface area contributed by atoms with Gasteiger partial charge in [-0.15, -0.1) is 11.3 Å². The molecular formula is C15H15FN4OS. The van der Waals surface area contributed by atoms with Crippen molar-refractivity contribution in [3.05, 3.63) is 40.5 Å². The number of nitrogens with zero attached hydrogens (tertiary/aromatic N) is 3. The second-order valence-electron chi connectivity index (χ2n) is 5.19. The zero-order valence-corrected chi connectivity index (χ0v) is 13.0. The highest BCUT2D eigenvalue weighted by atomic mass is 32.1. The van der Waals surface area contributed by atoms with E-state index in [1.807, 2.05) is 18.4 Å². The third kappa shape index (κ3) is 2.37. The highest BCUT2D eigenvalue weighted by molar-refractivity contribution is 7.10. The zero-order chi connectivity index (χ0) is 15.9. The van der Waals surface area contributed by atoms with Gasteiger partial charge in [0.25, 0.3) is 0 Å². The Balaban J connectivity index is 1.98. The number of nitrogens with two attached hydrogens (primary N) is 1. The van der Waals surface area contributed by atoms with Crippen molar-refractivity contribution in [2.75, 3.05) is 7.05 Å². The standard InChI is InChI=1S/C15H15FN4OS/c1-8-12(19-15(17)20(2)14(8)21)11-6-9(7-22-11)13-10(16)4-3-5-18-13/h3-8,12H,1-2H3,(H2,17,19). The van der Waals surface area contributed by atoms with Crippen LogP contribution in [0, 0.1) is 11.7 Å². The first-order chi connectivity index (χ1) is 10.5. The number of halogens is 1. The van der Waals surface area contributed by atoms with Crippen LogP contribution in [0.25, 0.3) is 11.3 Å². The molecule has 2 N–H and O–H groups in total. The number of thiophene rings is 1. The Morgan fingerprint density at radius 1 is 1.45 bits per heavy atom. The molecule has 3 rings (SSSR count). The van der Waals surface area contributed by atoms with Crippen LogP contribution >= 0.6 is 11.3 Å². The van der Waals surface area contributed by atoms with Crippen LogP contribution in [0.1, 0.15) is 17.8 Å². The van der Waals surface area contributed by atoms with E-state index in [2.05, 4.69) is 9.98 Å². The highest BCUT2D eigenvalue weighted by Gasteiger charge is 2.34. The predicted octanol–water partition coefficient (Wildman–Crippen LogP) is 2.41. The second-order valence-corrected chi connectivity index (χ2v) is 6.13. The molecule has 7 heteroatoms. The van der Waals surface area contributed by atoms with Gasteiger partial charge in [0.2, 0.25) is 5.91 Å². The Bertz CT molecular complexity index is 758. The molecule has 0 aliphatic carbocycles. The quantitative estimate of drug-likeness (QED) is 0.924. The van der Waals surface area contributed by atoms with Crippen molar-refractivity contribution < 1.29 is 9.18 Å². The second kappa shape index (κ2) is 5.49. The molecule has 0 saturated carbocycles. The molecule has 2 aromatic rings. The van der Waals surface area contributed by atoms with Crippen molar-refractivity contribution >= 4 is 23.2 Å². The van der Waals surface area contributed by atoms with Crippen molar-refractivity contribution in [1.82, 2.24) is 9.88 Å². The smallest absolute Gasteiger partial charge is 0.234 e. The number of carbonyl (C=O) groups is 1. The Morgan fingerprint density at radius 2 is 2.23 bits per heavy atom. The van der Waals surface area contributed by atoms with Gasteiger partial charge in [0.1, 0.15) is 11.5 Å². The molecule has 2 atom stereocenters. The molecule has 0 aromatic carbocycles. The average Bonchev–Trinajstić information content (AvgIpc) is 2.98. The largest absolute Gasteiger partial charge is 0.369 e. The highest BCUT2D eigenvalue weighted by Crippen LogP contribution is 2.37. The number of rotatable bonds is 2. The Kier molecular flexibility index (Phi) is 3.66. The van der Waals surface area contributed by atoms with Crippen LogP contribution in [0.3, 0.4) is 0 Å². The van der Waals surface area contributed by atoms with Crippen LogP contribution in [0.2, 0.25) is 0 Å². The molecule has 1 amide bonds. The van der Waals surface area contributed by atoms with Crippen LogP contribution in [0.4, 0.5) is 4.39 Å². The van der Waals surface area contributed by atoms with Gasteiger partial charge in [0.05, 0.1) is 12.0 Å². The van der Waals surface area contributed by atoms with Crippen molar-refractivity contribution in [3.63, 3.8) is 0 Å². The molecule has 1 aliphatic rings. The third-order valence-electron chi connectivity index (χ3n) is 3.75. The number of aromatic nitrogens is 1. The first-order valence-corrected chi connectivity index (χ1v) is 7.67. The summed E-state index contributed by atoms with van der Waals surface area (Å²) in [5, 5.41) is 1.82. The van der Waals surface area contributed by atoms with Gasteiger partial charge in [-0.1, -0.05) is 6.92 Å². The fraction of sp³-hybridized carbons (Fsp3) is 0.267. The number of carbonyl (C=O) groups excluding carboxylic acids is 1. The summed E-state index contributed by atoms with van der Waals surface area (Å²) in [5.41, 5.74) is 6.77. The Morgan fingerprint density at radius 3 is 2.95 bits per heavy atom. The van der Waals surface area contributed by atoms with Crippen LogP contribution < -0.4 is 5.73 Å². The van der Waals surface area contributed by atoms with E-state index in [0.29, 0.717) is 11.3 Å². The normalized spacial score (nSPS) is 21.9. The molecule has 1 aliphatic heterocycles. The van der Waals surface area contributed by atoms with Gasteiger partial charge in [-0.2, -0.15) is 0 Å². The minimum Gasteiger partial charge on any atom is -0.369 e. The zero-order valence-electron chi connectivity index (χ0n) is 12.2. The molecule has 114 valence electrons. The average molecular weight is 318 g/mol. The molecule has 22 heavy (non-hydrogen) atoms. The number of pyridine rings is 1. The van der Waals surface area contributed by atoms with Crippen LogP contribution in [-0.4, -0.2) is 28.8 Å². The first-order valence-electron chi connectivity index (χ1n) is 6.79. The van der Waals surface area contributed by atoms with Crippen molar-refractivity contribution in [2.45, 2.75) is 13.0 Å². The number of guanidine groups is 1. The lowest BCUT2D eigenvalue weighted by Gasteiger charge is -2.30. The van der Waals surface area contributed by atoms with Gasteiger partial charge < -0.3 is 5.73 Å². The molecule has 0 saturated heterocycles. The summed E-state index contributed by atoms with van der Waals surface area (Å²) >= 11 is 1.43. The summed E-state index contributed by atoms with van der Waals surface area (Å²) < 4.78 is 13.8. The minimum atomic E-state index is -0.373. The van der Waals surface area contributed by atoms with Gasteiger partial charge in [0.15, 0.2) is 5.96 Å². The fourth-order valence-corrected chi connectivity index (χ4v) is 3.47. The van der Waals surface area contributed by atoms with Crippen molar-refractivity contribution in [2.24, 2.45) is 16.6 Å². The van der Waals surface area contributed by atoms with Crippen molar-refractivity contribution in [3.8, 4) is 11.3 Å². The maximum Gasteiger partial charge on any atom is 0.234 e. The van der Waals surface area contributed by atoms with Gasteiger partial charge in [-0.05, 0) is 18.2 Å². The lowest BCUT2D eigenvalue weighted by atomic mass is 9.97. The molecule has 0 bridgehead atoms. The molecule has 3 heterocycles. The lowest BCUT2D eigenvalue weighted by Crippen LogP contribution is -2.46. The molecule has 2 aromatic heterocycles. The van der Waals surface area contributed by atoms with E-state index in [1.165, 1.54) is 22.3 Å². The summed E-state index contributed by atoms with van der Waals surface area (Å²) in [6, 6.07) is 4.41. The first kappa shape index (κ1) is 14.6. The summed E-state index contributed by atoms with van der Waals surface area (Å²) in [5.74, 6) is -0.553. The summed E-state index contributed by atoms with van der Waals surface area (Å²) in [6.45, 7) is 1.82. The van der Waals surface area contributed by atoms with E-state index in [4.69, 9.17) is 5.73 Å². The molecule has 2 unspecified atom stereocenters. The summed E-state index contributed by atoms with van der Waals surface area (Å²) in [7, 11) is 1.61. The summed E-state index contributed by atoms with van der Waals surface area (Å²) in [4.78, 5) is 22.8. The van der Waals surface area contributed by atoms with Gasteiger partial charge >= 0.3 is 0 Å². The molecule has 0 radical (unpaired) electrons. The van der Waals surface area contributed by atoms with E-state index in [-0.39, 0.29) is 29.6 Å². The maximum atomic E-state index is 13.8. The molecular weight excluding hydrogens is 303 g/mol. The van der Waals surface area contributed by atoms with Crippen LogP contribution in [0.5, 0.6) is 0 Å². The fourth-order valence-electron chi connectivity index (χ4n) is 2.43. The lowest BCUT2D eigenvalue weighted by molar-refractivity contribution is -0.131. The van der Waals surface area contributed by atoms with E-state index in [9.17, 15) is 9.18 Å². The van der Waals surface area contributed by atoms with Crippen LogP contribution in [-0.2, 0) is 4.79 Å². The molecule has 0 spiro atoms. The van der Waals surface area contributed by atoms with Crippen LogP contribution in [0.15, 0.2) is 34.8 Å². The number of hydrogen-bond acceptors (Lipinski definition) is 5. The monoisotopic (exact) mass is 318 g/mol. The third-order valence-corrected chi connectivity index (χ3v) is 4.76. The van der Waals surface area contributed by atoms with E-state index < -0.39 is 0 Å². The Hall–Kier alpha value is -2.28. The topological polar surface area (TPSA) is 71.6 Å². The Labute approximate surface area is 131 Å². The SMILES string of the molecule is CC1C(=O)N(C)C(N)=NC1c1cc(-c2ncccc2F)cs1. The van der Waals surface area contributed by atoms with E-state index in [1.54, 1.807) is 19.3 Å². The molecule has 0 fully saturated rings.